The molecule has 1 fully saturated rings. The van der Waals surface area contributed by atoms with Crippen molar-refractivity contribution >= 4 is 11.7 Å². The number of hydroxylamine groups is 1. The Morgan fingerprint density at radius 3 is 2.71 bits per heavy atom. The van der Waals surface area contributed by atoms with E-state index in [0.717, 1.165) is 12.8 Å². The minimum Gasteiger partial charge on any atom is -0.335 e. The van der Waals surface area contributed by atoms with Crippen LogP contribution in [0.2, 0.25) is 0 Å². The van der Waals surface area contributed by atoms with Gasteiger partial charge < -0.3 is 4.90 Å². The van der Waals surface area contributed by atoms with Crippen LogP contribution in [0.15, 0.2) is 36.7 Å². The van der Waals surface area contributed by atoms with Gasteiger partial charge in [0.2, 0.25) is 0 Å². The number of benzene rings is 1. The highest BCUT2D eigenvalue weighted by Crippen LogP contribution is 2.25. The minimum absolute atomic E-state index is 0.0433. The molecule has 1 amide bonds. The van der Waals surface area contributed by atoms with E-state index in [2.05, 4.69) is 10.2 Å². The Morgan fingerprint density at radius 1 is 1.29 bits per heavy atom. The van der Waals surface area contributed by atoms with Crippen LogP contribution in [-0.4, -0.2) is 49.4 Å². The van der Waals surface area contributed by atoms with Gasteiger partial charge in [0.1, 0.15) is 5.84 Å². The number of para-hydroxylation sites is 1. The molecular weight excluding hydrogens is 308 g/mol. The molecule has 3 rings (SSSR count). The van der Waals surface area contributed by atoms with Crippen LogP contribution in [0.25, 0.3) is 5.69 Å². The zero-order valence-corrected chi connectivity index (χ0v) is 13.4. The Kier molecular flexibility index (Phi) is 4.57. The minimum atomic E-state index is -0.190. The molecule has 0 radical (unpaired) electrons. The van der Waals surface area contributed by atoms with E-state index in [1.807, 2.05) is 24.5 Å². The van der Waals surface area contributed by atoms with Gasteiger partial charge in [-0.15, -0.1) is 0 Å². The highest BCUT2D eigenvalue weighted by Gasteiger charge is 2.32. The molecule has 126 valence electrons. The second kappa shape index (κ2) is 6.79. The zero-order valence-electron chi connectivity index (χ0n) is 13.4. The van der Waals surface area contributed by atoms with Gasteiger partial charge in [0.15, 0.2) is 0 Å². The third-order valence-corrected chi connectivity index (χ3v) is 4.44. The van der Waals surface area contributed by atoms with Crippen LogP contribution in [-0.2, 0) is 0 Å². The zero-order chi connectivity index (χ0) is 17.1. The number of hydrogen-bond donors (Lipinski definition) is 3. The Hall–Kier alpha value is -2.74. The summed E-state index contributed by atoms with van der Waals surface area (Å²) < 4.78 is 0. The van der Waals surface area contributed by atoms with Crippen molar-refractivity contribution in [2.75, 3.05) is 6.54 Å². The summed E-state index contributed by atoms with van der Waals surface area (Å²) in [4.78, 5) is 16.3. The molecule has 1 aliphatic rings. The topological polar surface area (TPSA) is 107 Å². The fraction of sp³-hybridized carbons (Fsp3) is 0.375. The number of nitrogens with zero attached hydrogens (tertiary/aromatic N) is 4. The smallest absolute Gasteiger partial charge is 0.256 e. The number of amidine groups is 1. The molecule has 2 heterocycles. The molecule has 2 aromatic rings. The Balaban J connectivity index is 1.90. The summed E-state index contributed by atoms with van der Waals surface area (Å²) >= 11 is 0. The molecule has 24 heavy (non-hydrogen) atoms. The lowest BCUT2D eigenvalue weighted by atomic mass is 9.92. The SMILES string of the molecule is CC1CCC(C(=N)NO)CN1C(=O)c1ccccc1-n1nccn1. The fourth-order valence-electron chi connectivity index (χ4n) is 3.04. The number of carbonyl (C=O) groups is 1. The van der Waals surface area contributed by atoms with Crippen molar-refractivity contribution in [1.82, 2.24) is 25.4 Å². The number of aromatic nitrogens is 3. The Labute approximate surface area is 139 Å². The van der Waals surface area contributed by atoms with Crippen molar-refractivity contribution in [2.24, 2.45) is 5.92 Å². The van der Waals surface area contributed by atoms with Gasteiger partial charge in [0.05, 0.1) is 23.6 Å². The standard InChI is InChI=1S/C16H20N6O2/c1-11-6-7-12(15(17)20-24)10-21(11)16(23)13-4-2-3-5-14(13)22-18-8-9-19-22/h2-5,8-9,11-12,24H,6-7,10H2,1H3,(H2,17,20). The molecule has 0 aliphatic carbocycles. The molecule has 0 bridgehead atoms. The van der Waals surface area contributed by atoms with Gasteiger partial charge in [0, 0.05) is 18.5 Å². The second-order valence-corrected chi connectivity index (χ2v) is 5.94. The predicted molar refractivity (Wildman–Crippen MR) is 87.2 cm³/mol. The van der Waals surface area contributed by atoms with Crippen LogP contribution in [0.4, 0.5) is 0 Å². The summed E-state index contributed by atoms with van der Waals surface area (Å²) in [5, 5.41) is 24.9. The third-order valence-electron chi connectivity index (χ3n) is 4.44. The number of piperidine rings is 1. The third kappa shape index (κ3) is 3.00. The second-order valence-electron chi connectivity index (χ2n) is 5.94. The van der Waals surface area contributed by atoms with Gasteiger partial charge in [-0.3, -0.25) is 20.9 Å². The van der Waals surface area contributed by atoms with Crippen molar-refractivity contribution < 1.29 is 10.0 Å². The molecule has 1 aliphatic heterocycles. The number of nitrogens with one attached hydrogen (secondary N) is 2. The number of hydrogen-bond acceptors (Lipinski definition) is 5. The Bertz CT molecular complexity index is 730. The van der Waals surface area contributed by atoms with Crippen molar-refractivity contribution in [2.45, 2.75) is 25.8 Å². The quantitative estimate of drug-likeness (QED) is 0.449. The maximum atomic E-state index is 13.1. The highest BCUT2D eigenvalue weighted by atomic mass is 16.5. The number of amides is 1. The van der Waals surface area contributed by atoms with Gasteiger partial charge in [0.25, 0.3) is 5.91 Å². The van der Waals surface area contributed by atoms with Crippen molar-refractivity contribution in [3.8, 4) is 5.69 Å². The van der Waals surface area contributed by atoms with E-state index in [4.69, 9.17) is 10.6 Å². The first-order valence-electron chi connectivity index (χ1n) is 7.87. The maximum Gasteiger partial charge on any atom is 0.256 e. The van der Waals surface area contributed by atoms with E-state index in [-0.39, 0.29) is 23.7 Å². The number of rotatable bonds is 3. The van der Waals surface area contributed by atoms with E-state index in [9.17, 15) is 4.79 Å². The van der Waals surface area contributed by atoms with Gasteiger partial charge in [-0.2, -0.15) is 15.0 Å². The van der Waals surface area contributed by atoms with E-state index in [1.165, 1.54) is 4.80 Å². The predicted octanol–water partition coefficient (Wildman–Crippen LogP) is 1.46. The lowest BCUT2D eigenvalue weighted by molar-refractivity contribution is 0.0594. The largest absolute Gasteiger partial charge is 0.335 e. The first-order valence-corrected chi connectivity index (χ1v) is 7.87. The van der Waals surface area contributed by atoms with Crippen LogP contribution in [0.3, 0.4) is 0 Å². The summed E-state index contributed by atoms with van der Waals surface area (Å²) in [6, 6.07) is 7.27. The summed E-state index contributed by atoms with van der Waals surface area (Å²) in [5.41, 5.74) is 3.04. The Morgan fingerprint density at radius 2 is 2.00 bits per heavy atom. The summed E-state index contributed by atoms with van der Waals surface area (Å²) in [6.45, 7) is 2.39. The first kappa shape index (κ1) is 16.1. The molecule has 8 nitrogen and oxygen atoms in total. The van der Waals surface area contributed by atoms with Crippen molar-refractivity contribution in [1.29, 1.82) is 5.41 Å². The number of likely N-dealkylation sites (tertiary alicyclic amines) is 1. The molecule has 1 aromatic carbocycles. The number of carbonyl (C=O) groups excluding carboxylic acids is 1. The average Bonchev–Trinajstić information content (AvgIpc) is 3.15. The normalized spacial score (nSPS) is 20.7. The monoisotopic (exact) mass is 328 g/mol. The van der Waals surface area contributed by atoms with Crippen LogP contribution in [0.5, 0.6) is 0 Å². The molecule has 2 unspecified atom stereocenters. The molecule has 3 N–H and O–H groups in total. The lowest BCUT2D eigenvalue weighted by Crippen LogP contribution is -2.49. The lowest BCUT2D eigenvalue weighted by Gasteiger charge is -2.38. The van der Waals surface area contributed by atoms with E-state index < -0.39 is 0 Å². The van der Waals surface area contributed by atoms with Crippen LogP contribution < -0.4 is 5.48 Å². The van der Waals surface area contributed by atoms with Gasteiger partial charge in [-0.1, -0.05) is 12.1 Å². The molecule has 2 atom stereocenters. The maximum absolute atomic E-state index is 13.1. The summed E-state index contributed by atoms with van der Waals surface area (Å²) in [7, 11) is 0. The molecule has 0 saturated carbocycles. The van der Waals surface area contributed by atoms with E-state index in [1.54, 1.807) is 29.4 Å². The average molecular weight is 328 g/mol. The van der Waals surface area contributed by atoms with Gasteiger partial charge in [-0.05, 0) is 31.9 Å². The molecule has 8 heteroatoms. The van der Waals surface area contributed by atoms with E-state index in [0.29, 0.717) is 17.8 Å². The van der Waals surface area contributed by atoms with Crippen LogP contribution in [0.1, 0.15) is 30.1 Å². The summed E-state index contributed by atoms with van der Waals surface area (Å²) in [6.07, 6.45) is 4.67. The molecular formula is C16H20N6O2. The van der Waals surface area contributed by atoms with Gasteiger partial charge in [-0.25, -0.2) is 0 Å². The highest BCUT2D eigenvalue weighted by molar-refractivity contribution is 5.98. The molecule has 0 spiro atoms. The van der Waals surface area contributed by atoms with Crippen LogP contribution in [0, 0.1) is 11.3 Å². The van der Waals surface area contributed by atoms with Gasteiger partial charge >= 0.3 is 0 Å². The first-order chi connectivity index (χ1) is 11.6. The van der Waals surface area contributed by atoms with Crippen molar-refractivity contribution in [3.63, 3.8) is 0 Å². The molecule has 1 aromatic heterocycles. The van der Waals surface area contributed by atoms with Crippen LogP contribution >= 0.6 is 0 Å². The molecule has 1 saturated heterocycles. The fourth-order valence-corrected chi connectivity index (χ4v) is 3.04. The summed E-state index contributed by atoms with van der Waals surface area (Å²) in [5.74, 6) is -0.266. The van der Waals surface area contributed by atoms with E-state index >= 15 is 0 Å². The van der Waals surface area contributed by atoms with Crippen molar-refractivity contribution in [3.05, 3.63) is 42.2 Å².